The number of carbonyl (C=O) groups is 2. The standard InChI is InChI=1S/C20H17ClN6O5/c1-2-32-20(29)13-6-4-8-15(10-13)24-17-16(27(30)31)18(23-11-22-17)25-26-19(28)12-5-3-7-14(21)9-12/h3-11H,2H2,1H3,(H,26,28)(H2,22,23,24,25). The van der Waals surface area contributed by atoms with Crippen LogP contribution in [0.4, 0.5) is 23.0 Å². The first-order valence-electron chi connectivity index (χ1n) is 9.24. The summed E-state index contributed by atoms with van der Waals surface area (Å²) in [5, 5.41) is 14.8. The molecule has 3 rings (SSSR count). The Morgan fingerprint density at radius 1 is 1.09 bits per heavy atom. The van der Waals surface area contributed by atoms with Crippen molar-refractivity contribution in [3.05, 3.63) is 81.1 Å². The number of halogens is 1. The van der Waals surface area contributed by atoms with E-state index < -0.39 is 22.5 Å². The topological polar surface area (TPSA) is 148 Å². The molecule has 3 aromatic rings. The van der Waals surface area contributed by atoms with Gasteiger partial charge in [-0.15, -0.1) is 0 Å². The van der Waals surface area contributed by atoms with Crippen LogP contribution >= 0.6 is 11.6 Å². The van der Waals surface area contributed by atoms with Crippen LogP contribution in [0.3, 0.4) is 0 Å². The largest absolute Gasteiger partial charge is 0.462 e. The molecule has 0 aliphatic carbocycles. The number of esters is 1. The zero-order chi connectivity index (χ0) is 23.1. The Morgan fingerprint density at radius 3 is 2.53 bits per heavy atom. The van der Waals surface area contributed by atoms with E-state index in [4.69, 9.17) is 16.3 Å². The van der Waals surface area contributed by atoms with E-state index >= 15 is 0 Å². The molecule has 0 radical (unpaired) electrons. The van der Waals surface area contributed by atoms with Gasteiger partial charge in [-0.3, -0.25) is 25.8 Å². The molecule has 0 aliphatic rings. The van der Waals surface area contributed by atoms with Gasteiger partial charge in [0.25, 0.3) is 5.91 Å². The minimum atomic E-state index is -0.703. The van der Waals surface area contributed by atoms with E-state index in [1.165, 1.54) is 18.2 Å². The van der Waals surface area contributed by atoms with Gasteiger partial charge in [0.05, 0.1) is 17.1 Å². The van der Waals surface area contributed by atoms with Gasteiger partial charge in [0.1, 0.15) is 6.33 Å². The number of ether oxygens (including phenoxy) is 1. The lowest BCUT2D eigenvalue weighted by atomic mass is 10.2. The van der Waals surface area contributed by atoms with Crippen molar-refractivity contribution in [2.45, 2.75) is 6.92 Å². The quantitative estimate of drug-likeness (QED) is 0.262. The van der Waals surface area contributed by atoms with E-state index in [0.717, 1.165) is 6.33 Å². The summed E-state index contributed by atoms with van der Waals surface area (Å²) in [7, 11) is 0. The number of anilines is 3. The molecular weight excluding hydrogens is 440 g/mol. The summed E-state index contributed by atoms with van der Waals surface area (Å²) in [6.45, 7) is 1.90. The third-order valence-corrected chi connectivity index (χ3v) is 4.26. The molecule has 1 amide bonds. The predicted octanol–water partition coefficient (Wildman–Crippen LogP) is 3.72. The fraction of sp³-hybridized carbons (Fsp3) is 0.100. The van der Waals surface area contributed by atoms with Crippen LogP contribution < -0.4 is 16.2 Å². The minimum absolute atomic E-state index is 0.148. The first-order valence-corrected chi connectivity index (χ1v) is 9.62. The Morgan fingerprint density at radius 2 is 1.81 bits per heavy atom. The Kier molecular flexibility index (Phi) is 7.13. The highest BCUT2D eigenvalue weighted by Gasteiger charge is 2.24. The number of nitro groups is 1. The molecule has 0 aliphatic heterocycles. The second-order valence-electron chi connectivity index (χ2n) is 6.19. The van der Waals surface area contributed by atoms with E-state index in [9.17, 15) is 19.7 Å². The highest BCUT2D eigenvalue weighted by molar-refractivity contribution is 6.30. The molecular formula is C20H17ClN6O5. The van der Waals surface area contributed by atoms with Crippen LogP contribution in [-0.4, -0.2) is 33.4 Å². The number of aromatic nitrogens is 2. The second kappa shape index (κ2) is 10.2. The molecule has 11 nitrogen and oxygen atoms in total. The molecule has 0 unspecified atom stereocenters. The number of amides is 1. The maximum absolute atomic E-state index is 12.3. The fourth-order valence-electron chi connectivity index (χ4n) is 2.63. The Balaban J connectivity index is 1.82. The van der Waals surface area contributed by atoms with Crippen molar-refractivity contribution in [2.75, 3.05) is 17.3 Å². The summed E-state index contributed by atoms with van der Waals surface area (Å²) in [4.78, 5) is 42.9. The first-order chi connectivity index (χ1) is 15.4. The van der Waals surface area contributed by atoms with Gasteiger partial charge in [-0.05, 0) is 43.3 Å². The summed E-state index contributed by atoms with van der Waals surface area (Å²) in [6.07, 6.45) is 1.08. The number of nitrogens with one attached hydrogen (secondary N) is 3. The normalized spacial score (nSPS) is 10.2. The van der Waals surface area contributed by atoms with Gasteiger partial charge in [0, 0.05) is 16.3 Å². The SMILES string of the molecule is CCOC(=O)c1cccc(Nc2ncnc(NNC(=O)c3cccc(Cl)c3)c2[N+](=O)[O-])c1. The molecule has 1 aromatic heterocycles. The monoisotopic (exact) mass is 456 g/mol. The van der Waals surface area contributed by atoms with Crippen molar-refractivity contribution < 1.29 is 19.2 Å². The number of hydrazine groups is 1. The van der Waals surface area contributed by atoms with Gasteiger partial charge in [0.15, 0.2) is 0 Å². The van der Waals surface area contributed by atoms with Crippen molar-refractivity contribution in [1.82, 2.24) is 15.4 Å². The average Bonchev–Trinajstić information content (AvgIpc) is 2.77. The summed E-state index contributed by atoms with van der Waals surface area (Å²) in [6, 6.07) is 12.4. The summed E-state index contributed by atoms with van der Waals surface area (Å²) in [5.74, 6) is -1.49. The predicted molar refractivity (Wildman–Crippen MR) is 117 cm³/mol. The lowest BCUT2D eigenvalue weighted by molar-refractivity contribution is -0.383. The third-order valence-electron chi connectivity index (χ3n) is 4.02. The highest BCUT2D eigenvalue weighted by Crippen LogP contribution is 2.31. The van der Waals surface area contributed by atoms with E-state index in [0.29, 0.717) is 10.7 Å². The average molecular weight is 457 g/mol. The van der Waals surface area contributed by atoms with Crippen LogP contribution in [-0.2, 0) is 4.74 Å². The van der Waals surface area contributed by atoms with Crippen LogP contribution in [0.2, 0.25) is 5.02 Å². The van der Waals surface area contributed by atoms with E-state index in [1.54, 1.807) is 37.3 Å². The molecule has 0 saturated carbocycles. The van der Waals surface area contributed by atoms with Gasteiger partial charge in [-0.1, -0.05) is 23.7 Å². The number of carbonyl (C=O) groups excluding carboxylic acids is 2. The maximum atomic E-state index is 12.3. The van der Waals surface area contributed by atoms with Crippen LogP contribution in [0.25, 0.3) is 0 Å². The van der Waals surface area contributed by atoms with Crippen molar-refractivity contribution in [3.63, 3.8) is 0 Å². The van der Waals surface area contributed by atoms with Gasteiger partial charge in [0.2, 0.25) is 11.6 Å². The van der Waals surface area contributed by atoms with Crippen LogP contribution in [0.15, 0.2) is 54.9 Å². The van der Waals surface area contributed by atoms with Crippen LogP contribution in [0.5, 0.6) is 0 Å². The molecule has 1 heterocycles. The van der Waals surface area contributed by atoms with Crippen LogP contribution in [0, 0.1) is 10.1 Å². The maximum Gasteiger partial charge on any atom is 0.355 e. The summed E-state index contributed by atoms with van der Waals surface area (Å²) < 4.78 is 4.95. The smallest absolute Gasteiger partial charge is 0.355 e. The molecule has 0 atom stereocenters. The second-order valence-corrected chi connectivity index (χ2v) is 6.63. The van der Waals surface area contributed by atoms with Crippen LogP contribution in [0.1, 0.15) is 27.6 Å². The van der Waals surface area contributed by atoms with E-state index in [2.05, 4.69) is 26.1 Å². The Labute approximate surface area is 186 Å². The van der Waals surface area contributed by atoms with E-state index in [1.807, 2.05) is 0 Å². The Hall–Kier alpha value is -4.25. The lowest BCUT2D eigenvalue weighted by Gasteiger charge is -2.11. The number of hydrogen-bond donors (Lipinski definition) is 3. The lowest BCUT2D eigenvalue weighted by Crippen LogP contribution is -2.30. The van der Waals surface area contributed by atoms with Crippen molar-refractivity contribution in [1.29, 1.82) is 0 Å². The van der Waals surface area contributed by atoms with Gasteiger partial charge in [-0.25, -0.2) is 14.8 Å². The van der Waals surface area contributed by atoms with E-state index in [-0.39, 0.29) is 29.4 Å². The molecule has 12 heteroatoms. The molecule has 0 saturated heterocycles. The number of rotatable bonds is 8. The number of hydrogen-bond acceptors (Lipinski definition) is 9. The highest BCUT2D eigenvalue weighted by atomic mass is 35.5. The third kappa shape index (κ3) is 5.46. The van der Waals surface area contributed by atoms with Crippen molar-refractivity contribution in [2.24, 2.45) is 0 Å². The molecule has 164 valence electrons. The number of benzene rings is 2. The first kappa shape index (κ1) is 22.4. The molecule has 0 bridgehead atoms. The van der Waals surface area contributed by atoms with Crippen molar-refractivity contribution in [3.8, 4) is 0 Å². The zero-order valence-electron chi connectivity index (χ0n) is 16.7. The Bertz CT molecular complexity index is 1170. The van der Waals surface area contributed by atoms with Gasteiger partial charge < -0.3 is 10.1 Å². The zero-order valence-corrected chi connectivity index (χ0v) is 17.4. The molecule has 0 fully saturated rings. The minimum Gasteiger partial charge on any atom is -0.462 e. The molecule has 2 aromatic carbocycles. The fourth-order valence-corrected chi connectivity index (χ4v) is 2.82. The number of nitrogens with zero attached hydrogens (tertiary/aromatic N) is 3. The molecule has 32 heavy (non-hydrogen) atoms. The molecule has 3 N–H and O–H groups in total. The summed E-state index contributed by atoms with van der Waals surface area (Å²) >= 11 is 5.87. The van der Waals surface area contributed by atoms with Gasteiger partial charge >= 0.3 is 11.7 Å². The van der Waals surface area contributed by atoms with Crippen molar-refractivity contribution >= 4 is 46.5 Å². The van der Waals surface area contributed by atoms with Gasteiger partial charge in [-0.2, -0.15) is 0 Å². The molecule has 0 spiro atoms. The summed E-state index contributed by atoms with van der Waals surface area (Å²) in [5.41, 5.74) is 5.14.